The van der Waals surface area contributed by atoms with E-state index in [1.807, 2.05) is 34.6 Å². The highest BCUT2D eigenvalue weighted by Gasteiger charge is 2.29. The summed E-state index contributed by atoms with van der Waals surface area (Å²) in [5, 5.41) is 0. The molecule has 0 bridgehead atoms. The first-order valence-electron chi connectivity index (χ1n) is 7.69. The smallest absolute Gasteiger partial charge is 0.410 e. The van der Waals surface area contributed by atoms with Gasteiger partial charge in [0.05, 0.1) is 24.1 Å². The molecule has 1 atom stereocenters. The molecule has 1 saturated heterocycles. The molecule has 1 unspecified atom stereocenters. The predicted molar refractivity (Wildman–Crippen MR) is 83.0 cm³/mol. The molecule has 0 aliphatic carbocycles. The zero-order chi connectivity index (χ0) is 16.3. The lowest BCUT2D eigenvalue weighted by atomic mass is 10.1. The Morgan fingerprint density at radius 2 is 2.09 bits per heavy atom. The summed E-state index contributed by atoms with van der Waals surface area (Å²) in [5.41, 5.74) is 1.16. The predicted octanol–water partition coefficient (Wildman–Crippen LogP) is 2.87. The van der Waals surface area contributed by atoms with Gasteiger partial charge >= 0.3 is 6.09 Å². The van der Waals surface area contributed by atoms with E-state index in [0.717, 1.165) is 24.2 Å². The number of rotatable bonds is 2. The quantitative estimate of drug-likeness (QED) is 0.840. The molecule has 6 nitrogen and oxygen atoms in total. The van der Waals surface area contributed by atoms with Crippen LogP contribution in [-0.4, -0.2) is 45.8 Å². The van der Waals surface area contributed by atoms with E-state index in [4.69, 9.17) is 9.47 Å². The van der Waals surface area contributed by atoms with Gasteiger partial charge in [0.15, 0.2) is 0 Å². The van der Waals surface area contributed by atoms with Crippen molar-refractivity contribution in [1.29, 1.82) is 0 Å². The number of aryl methyl sites for hydroxylation is 2. The van der Waals surface area contributed by atoms with Gasteiger partial charge in [-0.3, -0.25) is 4.98 Å². The third kappa shape index (κ3) is 4.58. The van der Waals surface area contributed by atoms with Gasteiger partial charge in [-0.1, -0.05) is 0 Å². The van der Waals surface area contributed by atoms with E-state index in [1.165, 1.54) is 0 Å². The number of hydrogen-bond acceptors (Lipinski definition) is 5. The molecule has 1 aromatic heterocycles. The van der Waals surface area contributed by atoms with Crippen LogP contribution in [0.15, 0.2) is 6.20 Å². The molecule has 122 valence electrons. The van der Waals surface area contributed by atoms with Crippen LogP contribution in [0.25, 0.3) is 0 Å². The maximum Gasteiger partial charge on any atom is 0.410 e. The van der Waals surface area contributed by atoms with Gasteiger partial charge in [-0.2, -0.15) is 0 Å². The van der Waals surface area contributed by atoms with Gasteiger partial charge in [-0.25, -0.2) is 9.78 Å². The fourth-order valence-corrected chi connectivity index (χ4v) is 2.39. The number of amides is 1. The Bertz CT molecular complexity index is 540. The van der Waals surface area contributed by atoms with Crippen molar-refractivity contribution >= 4 is 6.09 Å². The number of carbonyl (C=O) groups is 1. The van der Waals surface area contributed by atoms with Crippen molar-refractivity contribution < 1.29 is 14.3 Å². The van der Waals surface area contributed by atoms with E-state index in [-0.39, 0.29) is 12.2 Å². The van der Waals surface area contributed by atoms with Crippen molar-refractivity contribution in [2.45, 2.75) is 59.2 Å². The van der Waals surface area contributed by atoms with Gasteiger partial charge in [-0.15, -0.1) is 0 Å². The molecule has 1 aromatic rings. The molecule has 2 heterocycles. The summed E-state index contributed by atoms with van der Waals surface area (Å²) in [6, 6.07) is 0. The van der Waals surface area contributed by atoms with Gasteiger partial charge in [0.1, 0.15) is 11.7 Å². The summed E-state index contributed by atoms with van der Waals surface area (Å²) >= 11 is 0. The zero-order valence-corrected chi connectivity index (χ0v) is 14.0. The van der Waals surface area contributed by atoms with E-state index < -0.39 is 5.60 Å². The first kappa shape index (κ1) is 16.5. The molecule has 1 fully saturated rings. The number of carbonyl (C=O) groups excluding carboxylic acids is 1. The molecule has 22 heavy (non-hydrogen) atoms. The number of likely N-dealkylation sites (tertiary alicyclic amines) is 1. The van der Waals surface area contributed by atoms with Crippen LogP contribution in [0, 0.1) is 13.8 Å². The SMILES string of the molecule is Cc1cnc(OC2CCCN(C(=O)OC(C)(C)C)C2)c(C)n1. The van der Waals surface area contributed by atoms with Crippen molar-refractivity contribution in [1.82, 2.24) is 14.9 Å². The van der Waals surface area contributed by atoms with Gasteiger partial charge in [0, 0.05) is 6.54 Å². The summed E-state index contributed by atoms with van der Waals surface area (Å²) in [6.45, 7) is 10.6. The van der Waals surface area contributed by atoms with Crippen molar-refractivity contribution in [3.8, 4) is 5.88 Å². The van der Waals surface area contributed by atoms with Gasteiger partial charge in [-0.05, 0) is 47.5 Å². The Morgan fingerprint density at radius 1 is 1.36 bits per heavy atom. The second-order valence-electron chi connectivity index (χ2n) is 6.71. The molecular weight excluding hydrogens is 282 g/mol. The lowest BCUT2D eigenvalue weighted by Crippen LogP contribution is -2.46. The minimum atomic E-state index is -0.482. The summed E-state index contributed by atoms with van der Waals surface area (Å²) < 4.78 is 11.3. The highest BCUT2D eigenvalue weighted by Crippen LogP contribution is 2.20. The number of piperidine rings is 1. The topological polar surface area (TPSA) is 64.5 Å². The highest BCUT2D eigenvalue weighted by molar-refractivity contribution is 5.68. The Balaban J connectivity index is 1.97. The minimum Gasteiger partial charge on any atom is -0.471 e. The third-order valence-electron chi connectivity index (χ3n) is 3.33. The van der Waals surface area contributed by atoms with Crippen LogP contribution >= 0.6 is 0 Å². The summed E-state index contributed by atoms with van der Waals surface area (Å²) in [6.07, 6.45) is 3.12. The molecule has 0 aromatic carbocycles. The largest absolute Gasteiger partial charge is 0.471 e. The van der Waals surface area contributed by atoms with Crippen molar-refractivity contribution in [3.05, 3.63) is 17.6 Å². The maximum absolute atomic E-state index is 12.1. The first-order chi connectivity index (χ1) is 10.2. The summed E-state index contributed by atoms with van der Waals surface area (Å²) in [7, 11) is 0. The van der Waals surface area contributed by atoms with Crippen molar-refractivity contribution in [2.75, 3.05) is 13.1 Å². The second-order valence-corrected chi connectivity index (χ2v) is 6.71. The first-order valence-corrected chi connectivity index (χ1v) is 7.69. The Morgan fingerprint density at radius 3 is 2.73 bits per heavy atom. The fourth-order valence-electron chi connectivity index (χ4n) is 2.39. The van der Waals surface area contributed by atoms with Gasteiger partial charge in [0.2, 0.25) is 5.88 Å². The normalized spacial score (nSPS) is 19.0. The monoisotopic (exact) mass is 307 g/mol. The lowest BCUT2D eigenvalue weighted by Gasteiger charge is -2.34. The molecule has 0 radical (unpaired) electrons. The fraction of sp³-hybridized carbons (Fsp3) is 0.688. The molecule has 0 N–H and O–H groups in total. The summed E-state index contributed by atoms with van der Waals surface area (Å²) in [4.78, 5) is 22.5. The van der Waals surface area contributed by atoms with Crippen molar-refractivity contribution in [3.63, 3.8) is 0 Å². The van der Waals surface area contributed by atoms with Gasteiger partial charge < -0.3 is 14.4 Å². The third-order valence-corrected chi connectivity index (χ3v) is 3.33. The van der Waals surface area contributed by atoms with Crippen LogP contribution in [-0.2, 0) is 4.74 Å². The average Bonchev–Trinajstić information content (AvgIpc) is 2.40. The minimum absolute atomic E-state index is 0.0722. The van der Waals surface area contributed by atoms with E-state index >= 15 is 0 Å². The average molecular weight is 307 g/mol. The van der Waals surface area contributed by atoms with E-state index in [2.05, 4.69) is 9.97 Å². The molecule has 2 rings (SSSR count). The van der Waals surface area contributed by atoms with Crippen LogP contribution in [0.1, 0.15) is 45.0 Å². The Kier molecular flexibility index (Phi) is 4.88. The highest BCUT2D eigenvalue weighted by atomic mass is 16.6. The maximum atomic E-state index is 12.1. The summed E-state index contributed by atoms with van der Waals surface area (Å²) in [5.74, 6) is 0.543. The van der Waals surface area contributed by atoms with E-state index in [1.54, 1.807) is 11.1 Å². The standard InChI is InChI=1S/C16H25N3O3/c1-11-9-17-14(12(2)18-11)21-13-7-6-8-19(10-13)15(20)22-16(3,4)5/h9,13H,6-8,10H2,1-5H3. The van der Waals surface area contributed by atoms with Gasteiger partial charge in [0.25, 0.3) is 0 Å². The van der Waals surface area contributed by atoms with Crippen LogP contribution in [0.5, 0.6) is 5.88 Å². The second kappa shape index (κ2) is 6.50. The van der Waals surface area contributed by atoms with Crippen LogP contribution < -0.4 is 4.74 Å². The molecule has 6 heteroatoms. The van der Waals surface area contributed by atoms with Crippen LogP contribution in [0.4, 0.5) is 4.79 Å². The number of aromatic nitrogens is 2. The van der Waals surface area contributed by atoms with Crippen molar-refractivity contribution in [2.24, 2.45) is 0 Å². The number of hydrogen-bond donors (Lipinski definition) is 0. The number of nitrogens with zero attached hydrogens (tertiary/aromatic N) is 3. The Labute approximate surface area is 131 Å². The Hall–Kier alpha value is -1.85. The molecule has 0 saturated carbocycles. The zero-order valence-electron chi connectivity index (χ0n) is 14.0. The lowest BCUT2D eigenvalue weighted by molar-refractivity contribution is 0.00709. The number of ether oxygens (including phenoxy) is 2. The van der Waals surface area contributed by atoms with Crippen LogP contribution in [0.3, 0.4) is 0 Å². The van der Waals surface area contributed by atoms with Crippen LogP contribution in [0.2, 0.25) is 0 Å². The molecule has 1 aliphatic rings. The molecule has 0 spiro atoms. The molecule has 1 aliphatic heterocycles. The van der Waals surface area contributed by atoms with E-state index in [9.17, 15) is 4.79 Å². The molecule has 1 amide bonds. The van der Waals surface area contributed by atoms with E-state index in [0.29, 0.717) is 19.0 Å². The molecular formula is C16H25N3O3.